The summed E-state index contributed by atoms with van der Waals surface area (Å²) in [6.45, 7) is 5.07. The number of nitrogens with zero attached hydrogens (tertiary/aromatic N) is 3. The van der Waals surface area contributed by atoms with Crippen molar-refractivity contribution in [2.45, 2.75) is 102 Å². The summed E-state index contributed by atoms with van der Waals surface area (Å²) in [5.74, 6) is 2.14. The zero-order valence-electron chi connectivity index (χ0n) is 20.5. The number of carbonyl (C=O) groups excluding carboxylic acids is 2. The van der Waals surface area contributed by atoms with Gasteiger partial charge in [0.05, 0.1) is 18.3 Å². The molecule has 3 saturated carbocycles. The predicted octanol–water partition coefficient (Wildman–Crippen LogP) is 2.85. The quantitative estimate of drug-likeness (QED) is 0.624. The Balaban J connectivity index is 1.34. The van der Waals surface area contributed by atoms with E-state index in [9.17, 15) is 18.0 Å². The first kappa shape index (κ1) is 23.6. The lowest BCUT2D eigenvalue weighted by Gasteiger charge is -2.55. The number of rotatable bonds is 3. The molecule has 7 atom stereocenters. The van der Waals surface area contributed by atoms with Crippen molar-refractivity contribution >= 4 is 21.8 Å². The number of carbonyl (C=O) groups is 2. The summed E-state index contributed by atoms with van der Waals surface area (Å²) < 4.78 is 26.7. The molecule has 186 valence electrons. The number of piperazine rings is 1. The van der Waals surface area contributed by atoms with E-state index in [1.165, 1.54) is 12.7 Å². The minimum absolute atomic E-state index is 0.0731. The Bertz CT molecular complexity index is 888. The molecule has 0 radical (unpaired) electrons. The van der Waals surface area contributed by atoms with Gasteiger partial charge in [0, 0.05) is 38.0 Å². The normalized spacial score (nSPS) is 40.2. The first-order valence-corrected chi connectivity index (χ1v) is 15.1. The van der Waals surface area contributed by atoms with E-state index in [0.717, 1.165) is 57.8 Å². The molecule has 0 aromatic heterocycles. The van der Waals surface area contributed by atoms with Crippen LogP contribution in [0, 0.1) is 23.7 Å². The van der Waals surface area contributed by atoms with Crippen molar-refractivity contribution in [3.8, 4) is 0 Å². The third-order valence-corrected chi connectivity index (χ3v) is 10.8. The highest BCUT2D eigenvalue weighted by Crippen LogP contribution is 2.47. The summed E-state index contributed by atoms with van der Waals surface area (Å²) in [6.07, 6.45) is 11.7. The van der Waals surface area contributed by atoms with Crippen LogP contribution in [-0.4, -0.2) is 77.8 Å². The van der Waals surface area contributed by atoms with Crippen LogP contribution in [0.4, 0.5) is 0 Å². The number of hydrogen-bond donors (Lipinski definition) is 0. The van der Waals surface area contributed by atoms with Crippen molar-refractivity contribution in [2.24, 2.45) is 23.7 Å². The Morgan fingerprint density at radius 1 is 0.818 bits per heavy atom. The van der Waals surface area contributed by atoms with Crippen molar-refractivity contribution < 1.29 is 18.0 Å². The summed E-state index contributed by atoms with van der Waals surface area (Å²) in [6, 6.07) is 0.467. The first-order chi connectivity index (χ1) is 15.6. The lowest BCUT2D eigenvalue weighted by Crippen LogP contribution is -2.67. The highest BCUT2D eigenvalue weighted by Gasteiger charge is 2.50. The minimum atomic E-state index is -3.18. The molecule has 8 heteroatoms. The Morgan fingerprint density at radius 3 is 2.09 bits per heavy atom. The van der Waals surface area contributed by atoms with Gasteiger partial charge in [-0.15, -0.1) is 0 Å². The van der Waals surface area contributed by atoms with Crippen molar-refractivity contribution in [3.63, 3.8) is 0 Å². The van der Waals surface area contributed by atoms with Gasteiger partial charge in [-0.05, 0) is 88.9 Å². The fourth-order valence-corrected chi connectivity index (χ4v) is 9.10. The van der Waals surface area contributed by atoms with Gasteiger partial charge >= 0.3 is 0 Å². The second kappa shape index (κ2) is 8.81. The van der Waals surface area contributed by atoms with E-state index in [1.807, 2.05) is 0 Å². The topological polar surface area (TPSA) is 78.0 Å². The molecular formula is C25H41N3O4S. The van der Waals surface area contributed by atoms with Crippen LogP contribution in [0.25, 0.3) is 0 Å². The van der Waals surface area contributed by atoms with Crippen LogP contribution in [-0.2, 0) is 19.6 Å². The maximum absolute atomic E-state index is 13.2. The molecule has 7 nitrogen and oxygen atoms in total. The van der Waals surface area contributed by atoms with Gasteiger partial charge in [0.25, 0.3) is 0 Å². The lowest BCUT2D eigenvalue weighted by atomic mass is 9.65. The number of sulfonamides is 1. The van der Waals surface area contributed by atoms with E-state index in [0.29, 0.717) is 36.8 Å². The van der Waals surface area contributed by atoms with E-state index in [2.05, 4.69) is 16.7 Å². The second-order valence-electron chi connectivity index (χ2n) is 11.7. The van der Waals surface area contributed by atoms with E-state index in [4.69, 9.17) is 0 Å². The molecule has 33 heavy (non-hydrogen) atoms. The standard InChI is InChI=1S/C25H41N3O4S/c1-16-15-26(25(30)19-7-8-19)24-14-21(10-11-22(24)28(16)17(2)29)20-9-6-18-5-4-12-27(23(18)13-20)33(3,31)32/h16,18-24H,4-15H2,1-3H3/t16-,18?,20?,21?,22?,23?,24?/m0/s1. The fourth-order valence-electron chi connectivity index (χ4n) is 7.89. The van der Waals surface area contributed by atoms with Crippen molar-refractivity contribution in [1.29, 1.82) is 0 Å². The summed E-state index contributed by atoms with van der Waals surface area (Å²) in [5, 5.41) is 0. The molecule has 2 aliphatic heterocycles. The molecule has 0 spiro atoms. The van der Waals surface area contributed by atoms with Crippen LogP contribution in [0.1, 0.15) is 78.1 Å². The summed E-state index contributed by atoms with van der Waals surface area (Å²) in [5.41, 5.74) is 0. The van der Waals surface area contributed by atoms with Crippen LogP contribution < -0.4 is 0 Å². The minimum Gasteiger partial charge on any atom is -0.335 e. The molecule has 2 amide bonds. The second-order valence-corrected chi connectivity index (χ2v) is 13.6. The first-order valence-electron chi connectivity index (χ1n) is 13.2. The predicted molar refractivity (Wildman–Crippen MR) is 127 cm³/mol. The number of piperidine rings is 1. The van der Waals surface area contributed by atoms with Gasteiger partial charge in [-0.2, -0.15) is 4.31 Å². The highest BCUT2D eigenvalue weighted by molar-refractivity contribution is 7.88. The summed E-state index contributed by atoms with van der Waals surface area (Å²) in [7, 11) is -3.18. The third kappa shape index (κ3) is 4.46. The molecule has 0 N–H and O–H groups in total. The molecule has 0 bridgehead atoms. The SMILES string of the molecule is CC(=O)N1C2CCC(C3CCC4CCCN(S(C)(=O)=O)C4C3)CC2N(C(=O)C2CC2)C[C@@H]1C. The molecule has 2 saturated heterocycles. The molecule has 6 unspecified atom stereocenters. The maximum Gasteiger partial charge on any atom is 0.226 e. The molecule has 5 rings (SSSR count). The van der Waals surface area contributed by atoms with Crippen molar-refractivity contribution in [1.82, 2.24) is 14.1 Å². The molecule has 2 heterocycles. The Hall–Kier alpha value is -1.15. The van der Waals surface area contributed by atoms with Gasteiger partial charge in [-0.3, -0.25) is 9.59 Å². The number of fused-ring (bicyclic) bond motifs is 2. The number of amides is 2. The zero-order chi connectivity index (χ0) is 23.5. The fraction of sp³-hybridized carbons (Fsp3) is 0.920. The smallest absolute Gasteiger partial charge is 0.226 e. The average molecular weight is 480 g/mol. The average Bonchev–Trinajstić information content (AvgIpc) is 3.61. The summed E-state index contributed by atoms with van der Waals surface area (Å²) in [4.78, 5) is 29.9. The Morgan fingerprint density at radius 2 is 1.45 bits per heavy atom. The number of hydrogen-bond acceptors (Lipinski definition) is 4. The van der Waals surface area contributed by atoms with E-state index in [-0.39, 0.29) is 36.0 Å². The van der Waals surface area contributed by atoms with Crippen LogP contribution in [0.15, 0.2) is 0 Å². The molecule has 0 aromatic carbocycles. The third-order valence-electron chi connectivity index (χ3n) is 9.50. The van der Waals surface area contributed by atoms with Gasteiger partial charge in [0.2, 0.25) is 21.8 Å². The Labute approximate surface area is 199 Å². The van der Waals surface area contributed by atoms with Crippen LogP contribution in [0.3, 0.4) is 0 Å². The van der Waals surface area contributed by atoms with Gasteiger partial charge < -0.3 is 9.80 Å². The van der Waals surface area contributed by atoms with Crippen LogP contribution in [0.5, 0.6) is 0 Å². The van der Waals surface area contributed by atoms with Crippen LogP contribution >= 0.6 is 0 Å². The summed E-state index contributed by atoms with van der Waals surface area (Å²) >= 11 is 0. The van der Waals surface area contributed by atoms with Gasteiger partial charge in [0.15, 0.2) is 0 Å². The van der Waals surface area contributed by atoms with Gasteiger partial charge in [-0.25, -0.2) is 8.42 Å². The van der Waals surface area contributed by atoms with E-state index >= 15 is 0 Å². The highest BCUT2D eigenvalue weighted by atomic mass is 32.2. The van der Waals surface area contributed by atoms with Crippen molar-refractivity contribution in [3.05, 3.63) is 0 Å². The molecule has 0 aromatic rings. The molecule has 5 fully saturated rings. The van der Waals surface area contributed by atoms with Gasteiger partial charge in [-0.1, -0.05) is 0 Å². The maximum atomic E-state index is 13.2. The van der Waals surface area contributed by atoms with E-state index < -0.39 is 10.0 Å². The molecular weight excluding hydrogens is 438 g/mol. The van der Waals surface area contributed by atoms with Crippen LogP contribution in [0.2, 0.25) is 0 Å². The Kier molecular flexibility index (Phi) is 6.30. The lowest BCUT2D eigenvalue weighted by molar-refractivity contribution is -0.155. The monoisotopic (exact) mass is 479 g/mol. The molecule has 5 aliphatic rings. The van der Waals surface area contributed by atoms with Crippen molar-refractivity contribution in [2.75, 3.05) is 19.3 Å². The largest absolute Gasteiger partial charge is 0.335 e. The molecule has 3 aliphatic carbocycles. The zero-order valence-corrected chi connectivity index (χ0v) is 21.3. The van der Waals surface area contributed by atoms with E-state index in [1.54, 1.807) is 11.2 Å². The van der Waals surface area contributed by atoms with Gasteiger partial charge in [0.1, 0.15) is 0 Å².